The number of hydrogen-bond acceptors (Lipinski definition) is 4. The van der Waals surface area contributed by atoms with Gasteiger partial charge in [-0.15, -0.1) is 0 Å². The first-order valence-electron chi connectivity index (χ1n) is 12.6. The summed E-state index contributed by atoms with van der Waals surface area (Å²) in [4.78, 5) is 2.24. The molecule has 0 unspecified atom stereocenters. The minimum absolute atomic E-state index is 0.0858. The Labute approximate surface area is 222 Å². The van der Waals surface area contributed by atoms with Crippen molar-refractivity contribution in [3.05, 3.63) is 93.8 Å². The van der Waals surface area contributed by atoms with Gasteiger partial charge in [-0.1, -0.05) is 36.7 Å². The first-order chi connectivity index (χ1) is 17.9. The highest BCUT2D eigenvalue weighted by Crippen LogP contribution is 2.39. The number of alkyl halides is 1. The Balaban J connectivity index is 1.70. The maximum atomic E-state index is 14.4. The van der Waals surface area contributed by atoms with Gasteiger partial charge in [0.25, 0.3) is 0 Å². The van der Waals surface area contributed by atoms with E-state index < -0.39 is 0 Å². The van der Waals surface area contributed by atoms with Crippen molar-refractivity contribution in [2.24, 2.45) is 0 Å². The first kappa shape index (κ1) is 26.8. The number of nitrogens with one attached hydrogen (secondary N) is 1. The molecule has 1 atom stereocenters. The summed E-state index contributed by atoms with van der Waals surface area (Å²) in [6.45, 7) is 4.24. The Morgan fingerprint density at radius 2 is 1.89 bits per heavy atom. The van der Waals surface area contributed by atoms with Crippen molar-refractivity contribution in [1.29, 1.82) is 5.41 Å². The topological polar surface area (TPSA) is 62.3 Å². The Hall–Kier alpha value is -3.22. The molecule has 0 aromatic heterocycles. The number of benzene rings is 3. The molecule has 3 aromatic carbocycles. The Morgan fingerprint density at radius 3 is 2.59 bits per heavy atom. The van der Waals surface area contributed by atoms with Gasteiger partial charge >= 0.3 is 0 Å². The molecule has 3 N–H and O–H groups in total. The molecule has 1 aliphatic rings. The number of nitrogens with zero attached hydrogens (tertiary/aromatic N) is 1. The van der Waals surface area contributed by atoms with Crippen LogP contribution < -0.4 is 10.5 Å². The molecule has 37 heavy (non-hydrogen) atoms. The van der Waals surface area contributed by atoms with Crippen LogP contribution in [0.25, 0.3) is 11.1 Å². The number of ether oxygens (including phenoxy) is 1. The van der Waals surface area contributed by atoms with Crippen LogP contribution in [0.1, 0.15) is 48.4 Å². The van der Waals surface area contributed by atoms with Crippen LogP contribution in [-0.2, 0) is 0 Å². The maximum absolute atomic E-state index is 14.4. The normalized spacial score (nSPS) is 16.5. The predicted octanol–water partition coefficient (Wildman–Crippen LogP) is 7.24. The molecule has 0 radical (unpaired) electrons. The van der Waals surface area contributed by atoms with Crippen LogP contribution in [0.5, 0.6) is 5.75 Å². The lowest BCUT2D eigenvalue weighted by molar-refractivity contribution is 0.198. The van der Waals surface area contributed by atoms with Gasteiger partial charge in [0.1, 0.15) is 17.7 Å². The van der Waals surface area contributed by atoms with Gasteiger partial charge in [-0.2, -0.15) is 0 Å². The van der Waals surface area contributed by atoms with E-state index in [2.05, 4.69) is 4.90 Å². The highest BCUT2D eigenvalue weighted by atomic mass is 35.5. The second-order valence-electron chi connectivity index (χ2n) is 9.22. The number of anilines is 1. The monoisotopic (exact) mass is 523 g/mol. The van der Waals surface area contributed by atoms with Crippen molar-refractivity contribution >= 4 is 34.6 Å². The molecule has 4 rings (SSSR count). The summed E-state index contributed by atoms with van der Waals surface area (Å²) in [5, 5.41) is 8.18. The van der Waals surface area contributed by atoms with E-state index in [0.29, 0.717) is 34.7 Å². The average Bonchev–Trinajstić information content (AvgIpc) is 3.36. The third kappa shape index (κ3) is 6.38. The number of likely N-dealkylation sites (tertiary alicyclic amines) is 1. The zero-order valence-electron chi connectivity index (χ0n) is 20.9. The van der Waals surface area contributed by atoms with Crippen LogP contribution in [0.2, 0.25) is 5.02 Å². The van der Waals surface area contributed by atoms with Crippen LogP contribution in [0.15, 0.2) is 60.7 Å². The third-order valence-electron chi connectivity index (χ3n) is 6.73. The fourth-order valence-corrected chi connectivity index (χ4v) is 5.08. The molecule has 1 heterocycles. The molecule has 0 spiro atoms. The van der Waals surface area contributed by atoms with Crippen molar-refractivity contribution in [2.75, 3.05) is 32.0 Å². The molecular formula is C30H32ClF2N3O. The molecule has 0 bridgehead atoms. The van der Waals surface area contributed by atoms with Crippen molar-refractivity contribution < 1.29 is 13.5 Å². The van der Waals surface area contributed by atoms with E-state index >= 15 is 0 Å². The fourth-order valence-electron chi connectivity index (χ4n) is 4.87. The molecule has 1 aliphatic heterocycles. The molecule has 1 fully saturated rings. The maximum Gasteiger partial charge on any atom is 0.123 e. The highest BCUT2D eigenvalue weighted by molar-refractivity contribution is 6.33. The standard InChI is InChI=1S/C30H32ClF2N3O/c1-2-26(20-4-8-24(9-5-20)37-25-12-15-36(19-25)14-3-13-32)30(27-17-23(33)7-10-28(27)31)21-6-11-29(35)22(16-21)18-34/h4-11,16-18,25,34H,2-3,12-15,19,35H2,1H3/b30-26-,34-18?/t25-/m0/s1. The van der Waals surface area contributed by atoms with E-state index in [9.17, 15) is 8.78 Å². The van der Waals surface area contributed by atoms with Crippen LogP contribution >= 0.6 is 11.6 Å². The lowest BCUT2D eigenvalue weighted by Crippen LogP contribution is -2.26. The van der Waals surface area contributed by atoms with E-state index in [1.807, 2.05) is 43.3 Å². The Bertz CT molecular complexity index is 1280. The SMILES string of the molecule is CC/C(=C(\c1ccc(N)c(C=N)c1)c1cc(F)ccc1Cl)c1ccc(O[C@H]2CCN(CCCF)C2)cc1. The zero-order valence-corrected chi connectivity index (χ0v) is 21.7. The van der Waals surface area contributed by atoms with Gasteiger partial charge in [0.05, 0.1) is 6.67 Å². The molecule has 0 saturated carbocycles. The highest BCUT2D eigenvalue weighted by Gasteiger charge is 2.24. The fraction of sp³-hybridized carbons (Fsp3) is 0.300. The summed E-state index contributed by atoms with van der Waals surface area (Å²) < 4.78 is 33.1. The average molecular weight is 524 g/mol. The lowest BCUT2D eigenvalue weighted by Gasteiger charge is -2.19. The minimum atomic E-state index is -0.379. The molecular weight excluding hydrogens is 492 g/mol. The van der Waals surface area contributed by atoms with Gasteiger partial charge in [-0.3, -0.25) is 9.29 Å². The number of allylic oxidation sites excluding steroid dienone is 1. The van der Waals surface area contributed by atoms with Crippen molar-refractivity contribution in [1.82, 2.24) is 4.90 Å². The molecule has 1 saturated heterocycles. The van der Waals surface area contributed by atoms with E-state index in [1.54, 1.807) is 12.1 Å². The number of hydrogen-bond donors (Lipinski definition) is 2. The summed E-state index contributed by atoms with van der Waals surface area (Å²) in [5.41, 5.74) is 11.3. The summed E-state index contributed by atoms with van der Waals surface area (Å²) in [7, 11) is 0. The van der Waals surface area contributed by atoms with E-state index in [4.69, 9.17) is 27.5 Å². The second-order valence-corrected chi connectivity index (χ2v) is 9.62. The predicted molar refractivity (Wildman–Crippen MR) is 149 cm³/mol. The molecule has 0 aliphatic carbocycles. The summed E-state index contributed by atoms with van der Waals surface area (Å²) in [6, 6.07) is 17.7. The molecule has 0 amide bonds. The van der Waals surface area contributed by atoms with Crippen LogP contribution in [0, 0.1) is 11.2 Å². The number of nitrogen functional groups attached to an aromatic ring is 1. The van der Waals surface area contributed by atoms with Gasteiger partial charge in [-0.25, -0.2) is 4.39 Å². The van der Waals surface area contributed by atoms with Crippen LogP contribution in [0.4, 0.5) is 14.5 Å². The first-order valence-corrected chi connectivity index (χ1v) is 13.0. The van der Waals surface area contributed by atoms with Crippen LogP contribution in [0.3, 0.4) is 0 Å². The van der Waals surface area contributed by atoms with Crippen molar-refractivity contribution in [2.45, 2.75) is 32.3 Å². The molecule has 4 nitrogen and oxygen atoms in total. The number of halogens is 3. The summed E-state index contributed by atoms with van der Waals surface area (Å²) in [5.74, 6) is 0.399. The van der Waals surface area contributed by atoms with Crippen molar-refractivity contribution in [3.8, 4) is 5.75 Å². The van der Waals surface area contributed by atoms with Gasteiger partial charge in [0, 0.05) is 47.7 Å². The van der Waals surface area contributed by atoms with Gasteiger partial charge in [0.15, 0.2) is 0 Å². The largest absolute Gasteiger partial charge is 0.489 e. The summed E-state index contributed by atoms with van der Waals surface area (Å²) in [6.07, 6.45) is 3.44. The molecule has 3 aromatic rings. The van der Waals surface area contributed by atoms with Crippen LogP contribution in [-0.4, -0.2) is 43.5 Å². The molecule has 194 valence electrons. The van der Waals surface area contributed by atoms with E-state index in [0.717, 1.165) is 54.1 Å². The second kappa shape index (κ2) is 12.3. The van der Waals surface area contributed by atoms with Crippen molar-refractivity contribution in [3.63, 3.8) is 0 Å². The minimum Gasteiger partial charge on any atom is -0.489 e. The quantitative estimate of drug-likeness (QED) is 0.167. The lowest BCUT2D eigenvalue weighted by atomic mass is 9.87. The third-order valence-corrected chi connectivity index (χ3v) is 7.06. The number of rotatable bonds is 10. The van der Waals surface area contributed by atoms with Gasteiger partial charge in [-0.05, 0) is 84.0 Å². The zero-order chi connectivity index (χ0) is 26.4. The molecule has 7 heteroatoms. The van der Waals surface area contributed by atoms with Gasteiger partial charge in [0.2, 0.25) is 0 Å². The van der Waals surface area contributed by atoms with Gasteiger partial charge < -0.3 is 15.9 Å². The summed E-state index contributed by atoms with van der Waals surface area (Å²) >= 11 is 6.58. The number of nitrogens with two attached hydrogens (primary N) is 1. The van der Waals surface area contributed by atoms with E-state index in [-0.39, 0.29) is 18.6 Å². The Morgan fingerprint density at radius 1 is 1.14 bits per heavy atom. The Kier molecular flexibility index (Phi) is 8.95. The van der Waals surface area contributed by atoms with E-state index in [1.165, 1.54) is 18.3 Å². The smallest absolute Gasteiger partial charge is 0.123 e.